The number of fused-ring (bicyclic) bond motifs is 1. The summed E-state index contributed by atoms with van der Waals surface area (Å²) in [5.41, 5.74) is -1.98. The molecule has 0 aliphatic carbocycles. The van der Waals surface area contributed by atoms with Crippen LogP contribution in [0.3, 0.4) is 0 Å². The smallest absolute Gasteiger partial charge is 0.410 e. The van der Waals surface area contributed by atoms with Gasteiger partial charge in [-0.15, -0.1) is 0 Å². The molecule has 0 saturated carbocycles. The highest BCUT2D eigenvalue weighted by atomic mass is 16.6. The number of amides is 1. The summed E-state index contributed by atoms with van der Waals surface area (Å²) in [7, 11) is 0. The summed E-state index contributed by atoms with van der Waals surface area (Å²) < 4.78 is 6.52. The Bertz CT molecular complexity index is 610. The molecule has 0 unspecified atom stereocenters. The van der Waals surface area contributed by atoms with Gasteiger partial charge >= 0.3 is 17.2 Å². The van der Waals surface area contributed by atoms with Crippen molar-refractivity contribution in [3.8, 4) is 0 Å². The molecule has 19 heavy (non-hydrogen) atoms. The number of ether oxygens (including phenoxy) is 1. The number of aromatic nitrogens is 3. The molecule has 0 fully saturated rings. The first-order valence-electron chi connectivity index (χ1n) is 5.94. The van der Waals surface area contributed by atoms with E-state index in [1.54, 1.807) is 20.8 Å². The molecule has 8 nitrogen and oxygen atoms in total. The van der Waals surface area contributed by atoms with Crippen molar-refractivity contribution in [2.24, 2.45) is 0 Å². The van der Waals surface area contributed by atoms with Crippen molar-refractivity contribution in [3.63, 3.8) is 0 Å². The first-order chi connectivity index (χ1) is 8.78. The molecule has 0 aromatic carbocycles. The van der Waals surface area contributed by atoms with Crippen LogP contribution in [-0.4, -0.2) is 37.9 Å². The monoisotopic (exact) mass is 268 g/mol. The fourth-order valence-electron chi connectivity index (χ4n) is 1.77. The van der Waals surface area contributed by atoms with Gasteiger partial charge in [-0.25, -0.2) is 9.89 Å². The van der Waals surface area contributed by atoms with E-state index >= 15 is 0 Å². The zero-order valence-corrected chi connectivity index (χ0v) is 11.1. The highest BCUT2D eigenvalue weighted by Crippen LogP contribution is 2.13. The van der Waals surface area contributed by atoms with E-state index in [4.69, 9.17) is 4.74 Å². The van der Waals surface area contributed by atoms with E-state index in [1.165, 1.54) is 9.47 Å². The fourth-order valence-corrected chi connectivity index (χ4v) is 1.77. The number of hydrogen-bond acceptors (Lipinski definition) is 5. The van der Waals surface area contributed by atoms with E-state index in [0.29, 0.717) is 12.4 Å². The van der Waals surface area contributed by atoms with E-state index in [0.717, 1.165) is 0 Å². The fraction of sp³-hybridized carbons (Fsp3) is 0.636. The number of aromatic amines is 1. The molecule has 1 N–H and O–H groups in total. The Hall–Kier alpha value is -2.12. The molecule has 8 heteroatoms. The number of carbonyl (C=O) groups excluding carboxylic acids is 1. The van der Waals surface area contributed by atoms with Gasteiger partial charge in [0.15, 0.2) is 5.82 Å². The van der Waals surface area contributed by atoms with Gasteiger partial charge in [0.2, 0.25) is 0 Å². The van der Waals surface area contributed by atoms with E-state index in [-0.39, 0.29) is 13.1 Å². The van der Waals surface area contributed by atoms with Crippen molar-refractivity contribution in [3.05, 3.63) is 26.5 Å². The Morgan fingerprint density at radius 1 is 1.32 bits per heavy atom. The Kier molecular flexibility index (Phi) is 3.17. The number of nitrogens with zero attached hydrogens (tertiary/aromatic N) is 3. The molecule has 1 aliphatic heterocycles. The van der Waals surface area contributed by atoms with Crippen LogP contribution in [0.2, 0.25) is 0 Å². The largest absolute Gasteiger partial charge is 0.444 e. The summed E-state index contributed by atoms with van der Waals surface area (Å²) in [6.45, 7) is 6.04. The average molecular weight is 268 g/mol. The third-order valence-corrected chi connectivity index (χ3v) is 2.61. The zero-order chi connectivity index (χ0) is 14.2. The van der Waals surface area contributed by atoms with Crippen LogP contribution in [0.5, 0.6) is 0 Å². The van der Waals surface area contributed by atoms with Gasteiger partial charge in [-0.2, -0.15) is 5.10 Å². The van der Waals surface area contributed by atoms with Crippen LogP contribution >= 0.6 is 0 Å². The van der Waals surface area contributed by atoms with Crippen LogP contribution in [0.4, 0.5) is 4.79 Å². The maximum atomic E-state index is 11.9. The second kappa shape index (κ2) is 4.52. The summed E-state index contributed by atoms with van der Waals surface area (Å²) >= 11 is 0. The Morgan fingerprint density at radius 3 is 2.63 bits per heavy atom. The standard InChI is InChI=1S/C11H16N4O4/c1-11(2,3)19-10(18)14-4-5-15-7(6-14)12-13-8(16)9(15)17/h4-6H2,1-3H3,(H,13,16). The minimum atomic E-state index is -0.755. The van der Waals surface area contributed by atoms with E-state index in [1.807, 2.05) is 0 Å². The molecule has 2 rings (SSSR count). The van der Waals surface area contributed by atoms with Crippen LogP contribution in [0.25, 0.3) is 0 Å². The summed E-state index contributed by atoms with van der Waals surface area (Å²) in [5, 5.41) is 5.90. The number of nitrogens with one attached hydrogen (secondary N) is 1. The third-order valence-electron chi connectivity index (χ3n) is 2.61. The molecule has 0 radical (unpaired) electrons. The minimum absolute atomic E-state index is 0.140. The predicted molar refractivity (Wildman–Crippen MR) is 65.8 cm³/mol. The molecule has 0 bridgehead atoms. The normalized spacial score (nSPS) is 15.0. The molecule has 1 aromatic heterocycles. The van der Waals surface area contributed by atoms with Crippen LogP contribution in [0, 0.1) is 0 Å². The van der Waals surface area contributed by atoms with Gasteiger partial charge < -0.3 is 4.74 Å². The van der Waals surface area contributed by atoms with Gasteiger partial charge in [-0.05, 0) is 20.8 Å². The lowest BCUT2D eigenvalue weighted by atomic mass is 10.2. The zero-order valence-electron chi connectivity index (χ0n) is 11.1. The molecule has 0 saturated heterocycles. The van der Waals surface area contributed by atoms with Crippen molar-refractivity contribution in [1.82, 2.24) is 19.7 Å². The summed E-state index contributed by atoms with van der Waals surface area (Å²) in [6.07, 6.45) is -0.459. The van der Waals surface area contributed by atoms with Crippen molar-refractivity contribution in [1.29, 1.82) is 0 Å². The molecule has 104 valence electrons. The second-order valence-corrected chi connectivity index (χ2v) is 5.33. The topological polar surface area (TPSA) is 97.3 Å². The first-order valence-corrected chi connectivity index (χ1v) is 5.94. The van der Waals surface area contributed by atoms with Gasteiger partial charge in [0, 0.05) is 13.1 Å². The van der Waals surface area contributed by atoms with E-state index in [9.17, 15) is 14.4 Å². The summed E-state index contributed by atoms with van der Waals surface area (Å²) in [5.74, 6) is 0.349. The summed E-state index contributed by atoms with van der Waals surface area (Å²) in [6, 6.07) is 0. The molecular weight excluding hydrogens is 252 g/mol. The van der Waals surface area contributed by atoms with Crippen LogP contribution in [-0.2, 0) is 17.8 Å². The van der Waals surface area contributed by atoms with Gasteiger partial charge in [-0.3, -0.25) is 19.1 Å². The molecule has 0 spiro atoms. The highest BCUT2D eigenvalue weighted by molar-refractivity contribution is 5.68. The Morgan fingerprint density at radius 2 is 2.00 bits per heavy atom. The van der Waals surface area contributed by atoms with Gasteiger partial charge in [0.05, 0.1) is 6.54 Å². The predicted octanol–water partition coefficient (Wildman–Crippen LogP) is -0.318. The second-order valence-electron chi connectivity index (χ2n) is 5.33. The number of H-pyrrole nitrogens is 1. The molecule has 1 aromatic rings. The van der Waals surface area contributed by atoms with Crippen LogP contribution in [0.1, 0.15) is 26.6 Å². The lowest BCUT2D eigenvalue weighted by Crippen LogP contribution is -2.48. The Balaban J connectivity index is 2.20. The van der Waals surface area contributed by atoms with Crippen LogP contribution < -0.4 is 11.1 Å². The number of rotatable bonds is 0. The minimum Gasteiger partial charge on any atom is -0.444 e. The number of hydrogen-bond donors (Lipinski definition) is 1. The van der Waals surface area contributed by atoms with E-state index < -0.39 is 22.8 Å². The quantitative estimate of drug-likeness (QED) is 0.650. The molecule has 1 amide bonds. The lowest BCUT2D eigenvalue weighted by molar-refractivity contribution is 0.0190. The maximum absolute atomic E-state index is 11.9. The van der Waals surface area contributed by atoms with Crippen molar-refractivity contribution < 1.29 is 9.53 Å². The van der Waals surface area contributed by atoms with Crippen molar-refractivity contribution in [2.45, 2.75) is 39.5 Å². The molecule has 2 heterocycles. The van der Waals surface area contributed by atoms with E-state index in [2.05, 4.69) is 10.2 Å². The van der Waals surface area contributed by atoms with Crippen molar-refractivity contribution in [2.75, 3.05) is 6.54 Å². The third kappa shape index (κ3) is 2.83. The van der Waals surface area contributed by atoms with Crippen molar-refractivity contribution >= 4 is 6.09 Å². The molecule has 0 atom stereocenters. The first kappa shape index (κ1) is 13.3. The SMILES string of the molecule is CC(C)(C)OC(=O)N1CCn2c(n[nH]c(=O)c2=O)C1. The Labute approximate surface area is 109 Å². The van der Waals surface area contributed by atoms with Gasteiger partial charge in [-0.1, -0.05) is 0 Å². The van der Waals surface area contributed by atoms with Crippen LogP contribution in [0.15, 0.2) is 9.59 Å². The number of carbonyl (C=O) groups is 1. The average Bonchev–Trinajstić information content (AvgIpc) is 2.31. The van der Waals surface area contributed by atoms with Gasteiger partial charge in [0.25, 0.3) is 0 Å². The maximum Gasteiger partial charge on any atom is 0.410 e. The molecule has 1 aliphatic rings. The summed E-state index contributed by atoms with van der Waals surface area (Å²) in [4.78, 5) is 36.0. The van der Waals surface area contributed by atoms with Gasteiger partial charge in [0.1, 0.15) is 5.60 Å². The lowest BCUT2D eigenvalue weighted by Gasteiger charge is -2.30. The molecular formula is C11H16N4O4. The highest BCUT2D eigenvalue weighted by Gasteiger charge is 2.27.